The maximum atomic E-state index is 13.6. The lowest BCUT2D eigenvalue weighted by atomic mass is 10.2. The third-order valence-corrected chi connectivity index (χ3v) is 4.63. The Morgan fingerprint density at radius 1 is 1.20 bits per heavy atom. The van der Waals surface area contributed by atoms with Gasteiger partial charge in [0, 0.05) is 5.69 Å². The van der Waals surface area contributed by atoms with Gasteiger partial charge in [0.25, 0.3) is 5.91 Å². The van der Waals surface area contributed by atoms with Crippen LogP contribution in [-0.4, -0.2) is 10.9 Å². The molecule has 4 nitrogen and oxygen atoms in total. The molecule has 0 aliphatic rings. The summed E-state index contributed by atoms with van der Waals surface area (Å²) in [4.78, 5) is 17.6. The predicted octanol–water partition coefficient (Wildman–Crippen LogP) is 5.20. The largest absolute Gasteiger partial charge is 0.438 e. The van der Waals surface area contributed by atoms with Crippen molar-refractivity contribution in [2.75, 3.05) is 5.32 Å². The van der Waals surface area contributed by atoms with E-state index < -0.39 is 11.7 Å². The fourth-order valence-electron chi connectivity index (χ4n) is 2.31. The summed E-state index contributed by atoms with van der Waals surface area (Å²) >= 11 is 1.62. The minimum atomic E-state index is -0.550. The Morgan fingerprint density at radius 3 is 2.60 bits per heavy atom. The molecule has 1 aromatic heterocycles. The van der Waals surface area contributed by atoms with E-state index in [2.05, 4.69) is 17.2 Å². The van der Waals surface area contributed by atoms with Crippen LogP contribution in [0.2, 0.25) is 0 Å². The molecule has 0 aliphatic carbocycles. The number of hydrogen-bond donors (Lipinski definition) is 1. The van der Waals surface area contributed by atoms with Gasteiger partial charge in [0.15, 0.2) is 0 Å². The van der Waals surface area contributed by atoms with Crippen molar-refractivity contribution in [1.82, 2.24) is 4.98 Å². The Balaban J connectivity index is 1.70. The number of benzene rings is 2. The van der Waals surface area contributed by atoms with Crippen LogP contribution in [0, 0.1) is 12.7 Å². The number of amides is 1. The first kappa shape index (κ1) is 17.1. The van der Waals surface area contributed by atoms with E-state index in [0.29, 0.717) is 17.3 Å². The molecular weight excluding hydrogens is 339 g/mol. The highest BCUT2D eigenvalue weighted by molar-refractivity contribution is 7.11. The number of aromatic nitrogens is 1. The Bertz CT molecular complexity index is 891. The summed E-state index contributed by atoms with van der Waals surface area (Å²) in [6.45, 7) is 4.00. The topological polar surface area (TPSA) is 51.2 Å². The number of thiazole rings is 1. The van der Waals surface area contributed by atoms with E-state index >= 15 is 0 Å². The SMILES string of the molecule is CCc1sc(C)nc1Oc1ccc(NC(=O)c2ccccc2F)cc1. The molecule has 25 heavy (non-hydrogen) atoms. The summed E-state index contributed by atoms with van der Waals surface area (Å²) < 4.78 is 19.4. The second-order valence-corrected chi connectivity index (χ2v) is 6.66. The van der Waals surface area contributed by atoms with E-state index in [1.54, 1.807) is 47.7 Å². The summed E-state index contributed by atoms with van der Waals surface area (Å²) in [6, 6.07) is 12.8. The molecule has 0 spiro atoms. The molecule has 0 bridgehead atoms. The van der Waals surface area contributed by atoms with Crippen LogP contribution in [0.15, 0.2) is 48.5 Å². The first-order chi connectivity index (χ1) is 12.1. The van der Waals surface area contributed by atoms with E-state index in [1.807, 2.05) is 6.92 Å². The Hall–Kier alpha value is -2.73. The van der Waals surface area contributed by atoms with Gasteiger partial charge in [-0.1, -0.05) is 19.1 Å². The highest BCUT2D eigenvalue weighted by atomic mass is 32.1. The normalized spacial score (nSPS) is 10.5. The second-order valence-electron chi connectivity index (χ2n) is 5.38. The quantitative estimate of drug-likeness (QED) is 0.684. The molecule has 6 heteroatoms. The molecule has 0 fully saturated rings. The molecule has 0 atom stereocenters. The molecular formula is C19H17FN2O2S. The highest BCUT2D eigenvalue weighted by Crippen LogP contribution is 2.30. The molecule has 3 aromatic rings. The second kappa shape index (κ2) is 7.44. The number of anilines is 1. The van der Waals surface area contributed by atoms with Crippen molar-refractivity contribution in [2.24, 2.45) is 0 Å². The molecule has 1 heterocycles. The number of nitrogens with zero attached hydrogens (tertiary/aromatic N) is 1. The molecule has 0 aliphatic heterocycles. The van der Waals surface area contributed by atoms with Gasteiger partial charge in [-0.05, 0) is 49.7 Å². The van der Waals surface area contributed by atoms with Gasteiger partial charge in [0.2, 0.25) is 5.88 Å². The van der Waals surface area contributed by atoms with E-state index in [1.165, 1.54) is 12.1 Å². The van der Waals surface area contributed by atoms with E-state index in [9.17, 15) is 9.18 Å². The monoisotopic (exact) mass is 356 g/mol. The summed E-state index contributed by atoms with van der Waals surface area (Å²) in [5.41, 5.74) is 0.569. The van der Waals surface area contributed by atoms with E-state index in [-0.39, 0.29) is 5.56 Å². The van der Waals surface area contributed by atoms with Crippen LogP contribution in [0.3, 0.4) is 0 Å². The van der Waals surface area contributed by atoms with Crippen LogP contribution in [0.1, 0.15) is 27.2 Å². The molecule has 0 radical (unpaired) electrons. The molecule has 128 valence electrons. The molecule has 3 rings (SSSR count). The van der Waals surface area contributed by atoms with Crippen LogP contribution in [0.25, 0.3) is 0 Å². The molecule has 2 aromatic carbocycles. The molecule has 0 saturated heterocycles. The first-order valence-electron chi connectivity index (χ1n) is 7.87. The van der Waals surface area contributed by atoms with E-state index in [4.69, 9.17) is 4.74 Å². The van der Waals surface area contributed by atoms with Crippen molar-refractivity contribution in [1.29, 1.82) is 0 Å². The third-order valence-electron chi connectivity index (χ3n) is 3.53. The Morgan fingerprint density at radius 2 is 1.92 bits per heavy atom. The number of hydrogen-bond acceptors (Lipinski definition) is 4. The zero-order valence-electron chi connectivity index (χ0n) is 13.9. The lowest BCUT2D eigenvalue weighted by Gasteiger charge is -2.08. The van der Waals surface area contributed by atoms with Gasteiger partial charge in [-0.3, -0.25) is 4.79 Å². The van der Waals surface area contributed by atoms with Crippen LogP contribution in [0.4, 0.5) is 10.1 Å². The van der Waals surface area contributed by atoms with Crippen LogP contribution in [0.5, 0.6) is 11.6 Å². The summed E-state index contributed by atoms with van der Waals surface area (Å²) in [6.07, 6.45) is 0.859. The number of ether oxygens (including phenoxy) is 1. The molecule has 1 N–H and O–H groups in total. The average Bonchev–Trinajstić information content (AvgIpc) is 2.96. The maximum absolute atomic E-state index is 13.6. The third kappa shape index (κ3) is 4.03. The number of halogens is 1. The smallest absolute Gasteiger partial charge is 0.258 e. The maximum Gasteiger partial charge on any atom is 0.258 e. The Kier molecular flexibility index (Phi) is 5.09. The summed E-state index contributed by atoms with van der Waals surface area (Å²) in [5.74, 6) is 0.207. The van der Waals surface area contributed by atoms with E-state index in [0.717, 1.165) is 16.3 Å². The minimum Gasteiger partial charge on any atom is -0.438 e. The molecule has 1 amide bonds. The number of carbonyl (C=O) groups excluding carboxylic acids is 1. The highest BCUT2D eigenvalue weighted by Gasteiger charge is 2.12. The first-order valence-corrected chi connectivity index (χ1v) is 8.68. The van der Waals surface area contributed by atoms with Gasteiger partial charge < -0.3 is 10.1 Å². The van der Waals surface area contributed by atoms with Gasteiger partial charge in [0.05, 0.1) is 15.4 Å². The number of aryl methyl sites for hydroxylation is 2. The van der Waals surface area contributed by atoms with Gasteiger partial charge in [-0.2, -0.15) is 0 Å². The molecule has 0 saturated carbocycles. The van der Waals surface area contributed by atoms with Crippen molar-refractivity contribution in [2.45, 2.75) is 20.3 Å². The van der Waals surface area contributed by atoms with Crippen molar-refractivity contribution in [3.8, 4) is 11.6 Å². The zero-order chi connectivity index (χ0) is 17.8. The predicted molar refractivity (Wildman–Crippen MR) is 97.1 cm³/mol. The zero-order valence-corrected chi connectivity index (χ0v) is 14.7. The molecule has 0 unspecified atom stereocenters. The van der Waals surface area contributed by atoms with Crippen molar-refractivity contribution < 1.29 is 13.9 Å². The lowest BCUT2D eigenvalue weighted by molar-refractivity contribution is 0.102. The van der Waals surface area contributed by atoms with Crippen LogP contribution in [-0.2, 0) is 6.42 Å². The standard InChI is InChI=1S/C19H17FN2O2S/c1-3-17-19(21-12(2)25-17)24-14-10-8-13(9-11-14)22-18(23)15-6-4-5-7-16(15)20/h4-11H,3H2,1-2H3,(H,22,23). The van der Waals surface area contributed by atoms with Gasteiger partial charge >= 0.3 is 0 Å². The Labute approximate surface area is 149 Å². The number of nitrogens with one attached hydrogen (secondary N) is 1. The van der Waals surface area contributed by atoms with Crippen LogP contribution >= 0.6 is 11.3 Å². The fraction of sp³-hybridized carbons (Fsp3) is 0.158. The average molecular weight is 356 g/mol. The van der Waals surface area contributed by atoms with Crippen molar-refractivity contribution in [3.63, 3.8) is 0 Å². The lowest BCUT2D eigenvalue weighted by Crippen LogP contribution is -2.13. The van der Waals surface area contributed by atoms with Gasteiger partial charge in [-0.15, -0.1) is 11.3 Å². The van der Waals surface area contributed by atoms with Crippen molar-refractivity contribution in [3.05, 3.63) is 69.8 Å². The minimum absolute atomic E-state index is 0.00774. The summed E-state index contributed by atoms with van der Waals surface area (Å²) in [7, 11) is 0. The van der Waals surface area contributed by atoms with Crippen molar-refractivity contribution >= 4 is 22.9 Å². The van der Waals surface area contributed by atoms with Crippen LogP contribution < -0.4 is 10.1 Å². The fourth-order valence-corrected chi connectivity index (χ4v) is 3.12. The van der Waals surface area contributed by atoms with Gasteiger partial charge in [0.1, 0.15) is 11.6 Å². The summed E-state index contributed by atoms with van der Waals surface area (Å²) in [5, 5.41) is 3.63. The number of rotatable bonds is 5. The van der Waals surface area contributed by atoms with Gasteiger partial charge in [-0.25, -0.2) is 9.37 Å². The number of carbonyl (C=O) groups is 1.